The van der Waals surface area contributed by atoms with Gasteiger partial charge in [0.15, 0.2) is 11.6 Å². The van der Waals surface area contributed by atoms with Crippen molar-refractivity contribution < 1.29 is 13.6 Å². The summed E-state index contributed by atoms with van der Waals surface area (Å²) in [5.74, 6) is -2.47. The average molecular weight is 334 g/mol. The van der Waals surface area contributed by atoms with E-state index in [9.17, 15) is 13.6 Å². The predicted octanol–water partition coefficient (Wildman–Crippen LogP) is 2.58. The Labute approximate surface area is 134 Å². The Morgan fingerprint density at radius 2 is 2.17 bits per heavy atom. The van der Waals surface area contributed by atoms with E-state index in [4.69, 9.17) is 0 Å². The third-order valence-corrected chi connectivity index (χ3v) is 3.97. The fraction of sp³-hybridized carbons (Fsp3) is 0.133. The number of rotatable bonds is 5. The summed E-state index contributed by atoms with van der Waals surface area (Å²) < 4.78 is 27.6. The molecule has 23 heavy (non-hydrogen) atoms. The molecule has 2 aromatic heterocycles. The summed E-state index contributed by atoms with van der Waals surface area (Å²) in [4.78, 5) is 16.3. The number of nitrogens with zero attached hydrogens (tertiary/aromatic N) is 3. The lowest BCUT2D eigenvalue weighted by atomic mass is 10.2. The molecule has 0 atom stereocenters. The highest BCUT2D eigenvalue weighted by molar-refractivity contribution is 7.12. The summed E-state index contributed by atoms with van der Waals surface area (Å²) in [6.45, 7) is 0.347. The van der Waals surface area contributed by atoms with Crippen molar-refractivity contribution in [3.63, 3.8) is 0 Å². The van der Waals surface area contributed by atoms with Gasteiger partial charge in [-0.2, -0.15) is 5.10 Å². The van der Waals surface area contributed by atoms with E-state index in [1.807, 2.05) is 11.4 Å². The molecule has 0 aliphatic heterocycles. The van der Waals surface area contributed by atoms with Gasteiger partial charge in [0.05, 0.1) is 5.69 Å². The van der Waals surface area contributed by atoms with Crippen molar-refractivity contribution in [1.82, 2.24) is 20.1 Å². The lowest BCUT2D eigenvalue weighted by Crippen LogP contribution is -2.25. The minimum Gasteiger partial charge on any atom is -0.352 e. The first-order chi connectivity index (χ1) is 11.1. The highest BCUT2D eigenvalue weighted by Crippen LogP contribution is 2.14. The van der Waals surface area contributed by atoms with Crippen LogP contribution in [0.3, 0.4) is 0 Å². The van der Waals surface area contributed by atoms with Crippen LogP contribution < -0.4 is 5.32 Å². The van der Waals surface area contributed by atoms with E-state index in [0.717, 1.165) is 23.0 Å². The standard InChI is InChI=1S/C15H12F2N4OS/c16-12-3-2-10(8-13(12)17)14(22)18-6-4-11-9-23-15(20-11)21-7-1-5-19-21/h1-3,5,7-9H,4,6H2,(H,18,22). The van der Waals surface area contributed by atoms with Gasteiger partial charge >= 0.3 is 0 Å². The van der Waals surface area contributed by atoms with Crippen molar-refractivity contribution in [3.05, 3.63) is 64.9 Å². The first-order valence-corrected chi connectivity index (χ1v) is 7.69. The second-order valence-electron chi connectivity index (χ2n) is 4.71. The minimum atomic E-state index is -1.04. The van der Waals surface area contributed by atoms with E-state index < -0.39 is 17.5 Å². The third-order valence-electron chi connectivity index (χ3n) is 3.09. The molecule has 0 radical (unpaired) electrons. The molecule has 0 unspecified atom stereocenters. The van der Waals surface area contributed by atoms with Crippen molar-refractivity contribution in [2.45, 2.75) is 6.42 Å². The highest BCUT2D eigenvalue weighted by Gasteiger charge is 2.10. The molecule has 1 N–H and O–H groups in total. The molecule has 0 fully saturated rings. The van der Waals surface area contributed by atoms with Crippen LogP contribution in [0.1, 0.15) is 16.1 Å². The number of hydrogen-bond acceptors (Lipinski definition) is 4. The van der Waals surface area contributed by atoms with Crippen molar-refractivity contribution in [2.75, 3.05) is 6.54 Å². The second-order valence-corrected chi connectivity index (χ2v) is 5.54. The molecule has 0 aliphatic rings. The Morgan fingerprint density at radius 3 is 2.91 bits per heavy atom. The average Bonchev–Trinajstić information content (AvgIpc) is 3.20. The van der Waals surface area contributed by atoms with Gasteiger partial charge in [0.25, 0.3) is 5.91 Å². The van der Waals surface area contributed by atoms with Gasteiger partial charge in [-0.25, -0.2) is 18.4 Å². The summed E-state index contributed by atoms with van der Waals surface area (Å²) >= 11 is 1.45. The summed E-state index contributed by atoms with van der Waals surface area (Å²) in [7, 11) is 0. The summed E-state index contributed by atoms with van der Waals surface area (Å²) in [6, 6.07) is 4.86. The largest absolute Gasteiger partial charge is 0.352 e. The zero-order valence-corrected chi connectivity index (χ0v) is 12.7. The van der Waals surface area contributed by atoms with Gasteiger partial charge in [-0.05, 0) is 24.3 Å². The first-order valence-electron chi connectivity index (χ1n) is 6.81. The number of aromatic nitrogens is 3. The first kappa shape index (κ1) is 15.3. The Kier molecular flexibility index (Phi) is 4.42. The molecule has 3 rings (SSSR count). The monoisotopic (exact) mass is 334 g/mol. The molecule has 2 heterocycles. The molecule has 3 aromatic rings. The fourth-order valence-electron chi connectivity index (χ4n) is 1.94. The number of hydrogen-bond donors (Lipinski definition) is 1. The Balaban J connectivity index is 1.55. The number of nitrogens with one attached hydrogen (secondary N) is 1. The van der Waals surface area contributed by atoms with Crippen LogP contribution in [0.25, 0.3) is 5.13 Å². The summed E-state index contributed by atoms with van der Waals surface area (Å²) in [5, 5.41) is 9.38. The number of carbonyl (C=O) groups excluding carboxylic acids is 1. The van der Waals surface area contributed by atoms with Crippen LogP contribution in [0.4, 0.5) is 8.78 Å². The smallest absolute Gasteiger partial charge is 0.251 e. The molecule has 0 spiro atoms. The van der Waals surface area contributed by atoms with Crippen molar-refractivity contribution in [2.24, 2.45) is 0 Å². The van der Waals surface area contributed by atoms with E-state index >= 15 is 0 Å². The van der Waals surface area contributed by atoms with Crippen LogP contribution in [-0.2, 0) is 6.42 Å². The number of thiazole rings is 1. The van der Waals surface area contributed by atoms with E-state index in [1.54, 1.807) is 17.1 Å². The van der Waals surface area contributed by atoms with Crippen LogP contribution in [-0.4, -0.2) is 27.2 Å². The van der Waals surface area contributed by atoms with Gasteiger partial charge in [-0.3, -0.25) is 4.79 Å². The van der Waals surface area contributed by atoms with E-state index in [0.29, 0.717) is 13.0 Å². The Bertz CT molecular complexity index is 817. The highest BCUT2D eigenvalue weighted by atomic mass is 32.1. The van der Waals surface area contributed by atoms with Crippen molar-refractivity contribution in [3.8, 4) is 5.13 Å². The van der Waals surface area contributed by atoms with Gasteiger partial charge in [0.1, 0.15) is 0 Å². The molecule has 118 valence electrons. The maximum Gasteiger partial charge on any atom is 0.251 e. The lowest BCUT2D eigenvalue weighted by molar-refractivity contribution is 0.0953. The van der Waals surface area contributed by atoms with E-state index in [2.05, 4.69) is 15.4 Å². The molecular weight excluding hydrogens is 322 g/mol. The summed E-state index contributed by atoms with van der Waals surface area (Å²) in [6.07, 6.45) is 4.00. The number of halogens is 2. The number of carbonyl (C=O) groups is 1. The fourth-order valence-corrected chi connectivity index (χ4v) is 2.74. The van der Waals surface area contributed by atoms with Gasteiger partial charge in [-0.15, -0.1) is 11.3 Å². The predicted molar refractivity (Wildman–Crippen MR) is 81.6 cm³/mol. The molecular formula is C15H12F2N4OS. The molecule has 0 saturated carbocycles. The third kappa shape index (κ3) is 3.59. The molecule has 1 aromatic carbocycles. The zero-order valence-electron chi connectivity index (χ0n) is 11.9. The second kappa shape index (κ2) is 6.66. The maximum absolute atomic E-state index is 13.1. The van der Waals surface area contributed by atoms with Gasteiger partial charge in [0.2, 0.25) is 5.13 Å². The van der Waals surface area contributed by atoms with E-state index in [-0.39, 0.29) is 5.56 Å². The maximum atomic E-state index is 13.1. The topological polar surface area (TPSA) is 59.8 Å². The quantitative estimate of drug-likeness (QED) is 0.780. The molecule has 0 aliphatic carbocycles. The summed E-state index contributed by atoms with van der Waals surface area (Å²) in [5.41, 5.74) is 0.908. The Morgan fingerprint density at radius 1 is 1.30 bits per heavy atom. The molecule has 0 saturated heterocycles. The van der Waals surface area contributed by atoms with Gasteiger partial charge < -0.3 is 5.32 Å². The van der Waals surface area contributed by atoms with Gasteiger partial charge in [0, 0.05) is 36.3 Å². The van der Waals surface area contributed by atoms with Crippen LogP contribution in [0, 0.1) is 11.6 Å². The Hall–Kier alpha value is -2.61. The molecule has 1 amide bonds. The van der Waals surface area contributed by atoms with Crippen LogP contribution in [0.5, 0.6) is 0 Å². The SMILES string of the molecule is O=C(NCCc1csc(-n2cccn2)n1)c1ccc(F)c(F)c1. The molecule has 0 bridgehead atoms. The molecule has 5 nitrogen and oxygen atoms in total. The normalized spacial score (nSPS) is 10.7. The van der Waals surface area contributed by atoms with Crippen molar-refractivity contribution in [1.29, 1.82) is 0 Å². The van der Waals surface area contributed by atoms with Crippen molar-refractivity contribution >= 4 is 17.2 Å². The van der Waals surface area contributed by atoms with E-state index in [1.165, 1.54) is 17.4 Å². The van der Waals surface area contributed by atoms with Crippen LogP contribution >= 0.6 is 11.3 Å². The minimum absolute atomic E-state index is 0.0828. The van der Waals surface area contributed by atoms with Crippen LogP contribution in [0.2, 0.25) is 0 Å². The van der Waals surface area contributed by atoms with Gasteiger partial charge in [-0.1, -0.05) is 0 Å². The number of benzene rings is 1. The molecule has 8 heteroatoms. The van der Waals surface area contributed by atoms with Crippen LogP contribution in [0.15, 0.2) is 42.0 Å². The number of amides is 1. The lowest BCUT2D eigenvalue weighted by Gasteiger charge is -2.04. The zero-order chi connectivity index (χ0) is 16.2.